The second-order valence-electron chi connectivity index (χ2n) is 13.9. The van der Waals surface area contributed by atoms with Gasteiger partial charge in [-0.1, -0.05) is 182 Å². The Labute approximate surface area is 322 Å². The monoisotopic (exact) mass is 716 g/mol. The molecular formula is C51H32N4O. The van der Waals surface area contributed by atoms with Gasteiger partial charge in [-0.2, -0.15) is 0 Å². The maximum absolute atomic E-state index is 7.15. The minimum absolute atomic E-state index is 0.554. The van der Waals surface area contributed by atoms with Gasteiger partial charge in [0.25, 0.3) is 0 Å². The molecule has 5 nitrogen and oxygen atoms in total. The summed E-state index contributed by atoms with van der Waals surface area (Å²) in [7, 11) is 0. The van der Waals surface area contributed by atoms with Gasteiger partial charge in [-0.3, -0.25) is 0 Å². The molecule has 0 spiro atoms. The molecule has 8 aromatic carbocycles. The van der Waals surface area contributed by atoms with Gasteiger partial charge in [0, 0.05) is 43.8 Å². The molecule has 11 rings (SSSR count). The van der Waals surface area contributed by atoms with Crippen molar-refractivity contribution in [1.82, 2.24) is 19.5 Å². The van der Waals surface area contributed by atoms with Crippen molar-refractivity contribution in [2.75, 3.05) is 0 Å². The Morgan fingerprint density at radius 2 is 0.696 bits per heavy atom. The van der Waals surface area contributed by atoms with E-state index in [4.69, 9.17) is 19.4 Å². The molecule has 0 aliphatic rings. The first-order valence-electron chi connectivity index (χ1n) is 18.8. The first-order valence-corrected chi connectivity index (χ1v) is 18.8. The van der Waals surface area contributed by atoms with Crippen LogP contribution in [0, 0.1) is 0 Å². The predicted molar refractivity (Wildman–Crippen MR) is 229 cm³/mol. The smallest absolute Gasteiger partial charge is 0.167 e. The molecule has 56 heavy (non-hydrogen) atoms. The van der Waals surface area contributed by atoms with E-state index >= 15 is 0 Å². The fourth-order valence-electron chi connectivity index (χ4n) is 8.14. The lowest BCUT2D eigenvalue weighted by Crippen LogP contribution is -2.00. The Morgan fingerprint density at radius 3 is 1.20 bits per heavy atom. The maximum atomic E-state index is 7.15. The predicted octanol–water partition coefficient (Wildman–Crippen LogP) is 13.2. The normalized spacial score (nSPS) is 11.6. The van der Waals surface area contributed by atoms with Crippen LogP contribution in [0.5, 0.6) is 0 Å². The van der Waals surface area contributed by atoms with E-state index in [1.165, 1.54) is 10.8 Å². The Morgan fingerprint density at radius 1 is 0.304 bits per heavy atom. The van der Waals surface area contributed by atoms with Crippen LogP contribution in [0.25, 0.3) is 106 Å². The van der Waals surface area contributed by atoms with Crippen molar-refractivity contribution in [2.45, 2.75) is 0 Å². The van der Waals surface area contributed by atoms with Crippen LogP contribution in [0.1, 0.15) is 0 Å². The molecule has 0 saturated heterocycles. The zero-order valence-corrected chi connectivity index (χ0v) is 30.2. The van der Waals surface area contributed by atoms with E-state index in [9.17, 15) is 0 Å². The SMILES string of the molecule is c1ccc(-c2nc(-c3ccccc3)nc(-c3cccc4c3oc3c(-n5c6c(-c7ccccc7)cccc6c6cccc(-c7ccccc7)c65)cccc34)n2)cc1. The second kappa shape index (κ2) is 13.0. The summed E-state index contributed by atoms with van der Waals surface area (Å²) in [5.74, 6) is 1.77. The lowest BCUT2D eigenvalue weighted by atomic mass is 10.0. The van der Waals surface area contributed by atoms with Crippen molar-refractivity contribution in [3.63, 3.8) is 0 Å². The fourth-order valence-corrected chi connectivity index (χ4v) is 8.14. The van der Waals surface area contributed by atoms with Crippen LogP contribution in [0.2, 0.25) is 0 Å². The number of para-hydroxylation sites is 4. The van der Waals surface area contributed by atoms with Crippen LogP contribution in [0.3, 0.4) is 0 Å². The first-order chi connectivity index (χ1) is 27.8. The van der Waals surface area contributed by atoms with E-state index < -0.39 is 0 Å². The summed E-state index contributed by atoms with van der Waals surface area (Å²) < 4.78 is 9.57. The van der Waals surface area contributed by atoms with Crippen molar-refractivity contribution in [3.8, 4) is 62.1 Å². The van der Waals surface area contributed by atoms with Crippen molar-refractivity contribution >= 4 is 43.7 Å². The Kier molecular flexibility index (Phi) is 7.42. The molecule has 3 aromatic heterocycles. The van der Waals surface area contributed by atoms with Crippen LogP contribution < -0.4 is 0 Å². The number of benzene rings is 8. The minimum Gasteiger partial charge on any atom is -0.453 e. The van der Waals surface area contributed by atoms with Crippen LogP contribution in [-0.4, -0.2) is 19.5 Å². The van der Waals surface area contributed by atoms with Crippen LogP contribution in [0.4, 0.5) is 0 Å². The summed E-state index contributed by atoms with van der Waals surface area (Å²) in [5, 5.41) is 4.37. The van der Waals surface area contributed by atoms with Gasteiger partial charge in [0.1, 0.15) is 5.58 Å². The molecule has 0 radical (unpaired) electrons. The number of hydrogen-bond donors (Lipinski definition) is 0. The van der Waals surface area contributed by atoms with Crippen LogP contribution >= 0.6 is 0 Å². The molecule has 0 unspecified atom stereocenters. The molecule has 0 aliphatic carbocycles. The maximum Gasteiger partial charge on any atom is 0.167 e. The molecule has 0 saturated carbocycles. The molecule has 5 heteroatoms. The van der Waals surface area contributed by atoms with E-state index in [2.05, 4.69) is 132 Å². The summed E-state index contributed by atoms with van der Waals surface area (Å²) in [6, 6.07) is 67.4. The standard InChI is InChI=1S/C51H32N4O/c1-5-17-33(18-6-1)37-25-13-27-39-40-28-14-26-38(34-19-7-2-8-20-34)46(40)55(45(37)39)44-32-16-30-42-41-29-15-31-43(47(41)56-48(42)44)51-53-49(35-21-9-3-10-22-35)52-50(54-51)36-23-11-4-12-24-36/h1-32H. The second-order valence-corrected chi connectivity index (χ2v) is 13.9. The van der Waals surface area contributed by atoms with Gasteiger partial charge in [0.15, 0.2) is 23.1 Å². The summed E-state index contributed by atoms with van der Waals surface area (Å²) in [5.41, 5.74) is 12.0. The Hall–Kier alpha value is -7.63. The summed E-state index contributed by atoms with van der Waals surface area (Å²) in [4.78, 5) is 15.1. The van der Waals surface area contributed by atoms with E-state index in [0.717, 1.165) is 77.6 Å². The average molecular weight is 717 g/mol. The molecule has 0 bridgehead atoms. The van der Waals surface area contributed by atoms with Gasteiger partial charge < -0.3 is 8.98 Å². The van der Waals surface area contributed by atoms with Gasteiger partial charge in [-0.15, -0.1) is 0 Å². The van der Waals surface area contributed by atoms with Crippen molar-refractivity contribution in [3.05, 3.63) is 194 Å². The van der Waals surface area contributed by atoms with Crippen LogP contribution in [0.15, 0.2) is 199 Å². The molecule has 262 valence electrons. The highest BCUT2D eigenvalue weighted by Crippen LogP contribution is 2.45. The highest BCUT2D eigenvalue weighted by Gasteiger charge is 2.24. The number of rotatable bonds is 6. The summed E-state index contributed by atoms with van der Waals surface area (Å²) >= 11 is 0. The zero-order valence-electron chi connectivity index (χ0n) is 30.2. The van der Waals surface area contributed by atoms with Gasteiger partial charge >= 0.3 is 0 Å². The molecule has 3 heterocycles. The summed E-state index contributed by atoms with van der Waals surface area (Å²) in [6.45, 7) is 0. The number of nitrogens with zero attached hydrogens (tertiary/aromatic N) is 4. The molecule has 0 N–H and O–H groups in total. The van der Waals surface area contributed by atoms with Gasteiger partial charge in [-0.05, 0) is 23.3 Å². The lowest BCUT2D eigenvalue weighted by Gasteiger charge is -2.14. The zero-order chi connectivity index (χ0) is 37.0. The molecular weight excluding hydrogens is 685 g/mol. The molecule has 0 aliphatic heterocycles. The average Bonchev–Trinajstić information content (AvgIpc) is 3.84. The largest absolute Gasteiger partial charge is 0.453 e. The Bertz CT molecular complexity index is 3070. The molecule has 0 atom stereocenters. The third-order valence-corrected chi connectivity index (χ3v) is 10.7. The Balaban J connectivity index is 1.22. The number of fused-ring (bicyclic) bond motifs is 6. The topological polar surface area (TPSA) is 56.7 Å². The third-order valence-electron chi connectivity index (χ3n) is 10.7. The number of aromatic nitrogens is 4. The molecule has 0 amide bonds. The lowest BCUT2D eigenvalue weighted by molar-refractivity contribution is 0.667. The van der Waals surface area contributed by atoms with E-state index in [1.54, 1.807) is 0 Å². The molecule has 0 fully saturated rings. The van der Waals surface area contributed by atoms with Gasteiger partial charge in [0.05, 0.1) is 22.3 Å². The number of hydrogen-bond acceptors (Lipinski definition) is 4. The van der Waals surface area contributed by atoms with Crippen molar-refractivity contribution in [2.24, 2.45) is 0 Å². The van der Waals surface area contributed by atoms with E-state index in [1.807, 2.05) is 66.7 Å². The quantitative estimate of drug-likeness (QED) is 0.172. The third kappa shape index (κ3) is 5.13. The van der Waals surface area contributed by atoms with Gasteiger partial charge in [0.2, 0.25) is 0 Å². The van der Waals surface area contributed by atoms with Gasteiger partial charge in [-0.25, -0.2) is 15.0 Å². The van der Waals surface area contributed by atoms with Crippen LogP contribution in [-0.2, 0) is 0 Å². The van der Waals surface area contributed by atoms with E-state index in [-0.39, 0.29) is 0 Å². The fraction of sp³-hybridized carbons (Fsp3) is 0. The summed E-state index contributed by atoms with van der Waals surface area (Å²) in [6.07, 6.45) is 0. The first kappa shape index (κ1) is 31.9. The molecule has 11 aromatic rings. The highest BCUT2D eigenvalue weighted by atomic mass is 16.3. The minimum atomic E-state index is 0.554. The number of furan rings is 1. The van der Waals surface area contributed by atoms with Crippen molar-refractivity contribution in [1.29, 1.82) is 0 Å². The van der Waals surface area contributed by atoms with E-state index in [0.29, 0.717) is 17.5 Å². The van der Waals surface area contributed by atoms with Crippen molar-refractivity contribution < 1.29 is 4.42 Å². The highest BCUT2D eigenvalue weighted by molar-refractivity contribution is 6.19.